The Bertz CT molecular complexity index is 1100. The zero-order chi connectivity index (χ0) is 22.3. The lowest BCUT2D eigenvalue weighted by atomic mass is 9.99. The Labute approximate surface area is 184 Å². The Morgan fingerprint density at radius 1 is 1.16 bits per heavy atom. The molecule has 4 rings (SSSR count). The average Bonchev–Trinajstić information content (AvgIpc) is 3.07. The summed E-state index contributed by atoms with van der Waals surface area (Å²) in [4.78, 5) is 11.0. The van der Waals surface area contributed by atoms with Gasteiger partial charge in [0.1, 0.15) is 5.56 Å². The molecule has 0 unspecified atom stereocenters. The number of aryl methyl sites for hydroxylation is 1. The van der Waals surface area contributed by atoms with Crippen molar-refractivity contribution in [1.29, 1.82) is 0 Å². The maximum atomic E-state index is 13.7. The fourth-order valence-electron chi connectivity index (χ4n) is 4.50. The molecule has 5 nitrogen and oxygen atoms in total. The molecule has 3 aromatic heterocycles. The highest BCUT2D eigenvalue weighted by atomic mass is 35.5. The van der Waals surface area contributed by atoms with Crippen molar-refractivity contribution in [2.75, 3.05) is 11.4 Å². The Morgan fingerprint density at radius 2 is 1.87 bits per heavy atom. The van der Waals surface area contributed by atoms with Crippen LogP contribution in [0.5, 0.6) is 0 Å². The van der Waals surface area contributed by atoms with Crippen molar-refractivity contribution in [3.8, 4) is 5.82 Å². The molecule has 0 bridgehead atoms. The minimum absolute atomic E-state index is 0.0740. The number of rotatable bonds is 6. The molecule has 0 saturated heterocycles. The van der Waals surface area contributed by atoms with Crippen molar-refractivity contribution in [1.82, 2.24) is 19.7 Å². The number of hydrogen-bond donors (Lipinski definition) is 0. The number of anilines is 1. The summed E-state index contributed by atoms with van der Waals surface area (Å²) in [6, 6.07) is 3.30. The number of alkyl halides is 3. The average molecular weight is 452 g/mol. The van der Waals surface area contributed by atoms with Crippen molar-refractivity contribution in [3.05, 3.63) is 40.3 Å². The number of pyridine rings is 2. The van der Waals surface area contributed by atoms with E-state index in [2.05, 4.69) is 33.8 Å². The molecule has 0 aromatic carbocycles. The van der Waals surface area contributed by atoms with Gasteiger partial charge in [-0.15, -0.1) is 0 Å². The van der Waals surface area contributed by atoms with Crippen molar-refractivity contribution in [3.63, 3.8) is 0 Å². The summed E-state index contributed by atoms with van der Waals surface area (Å²) in [5, 5.41) is 5.29. The molecular formula is C22H25ClF3N5. The van der Waals surface area contributed by atoms with Gasteiger partial charge in [0.15, 0.2) is 11.5 Å². The van der Waals surface area contributed by atoms with Crippen LogP contribution in [-0.4, -0.2) is 32.3 Å². The number of nitrogens with zero attached hydrogens (tertiary/aromatic N) is 5. The van der Waals surface area contributed by atoms with E-state index in [0.29, 0.717) is 18.1 Å². The summed E-state index contributed by atoms with van der Waals surface area (Å²) in [5.74, 6) is -0.302. The van der Waals surface area contributed by atoms with Crippen LogP contribution in [0.4, 0.5) is 18.9 Å². The lowest BCUT2D eigenvalue weighted by molar-refractivity contribution is -0.137. The van der Waals surface area contributed by atoms with Crippen molar-refractivity contribution < 1.29 is 13.2 Å². The summed E-state index contributed by atoms with van der Waals surface area (Å²) < 4.78 is 42.5. The van der Waals surface area contributed by atoms with Crippen LogP contribution in [0.25, 0.3) is 16.9 Å². The van der Waals surface area contributed by atoms with E-state index in [0.717, 1.165) is 60.8 Å². The molecule has 0 amide bonds. The molecule has 166 valence electrons. The summed E-state index contributed by atoms with van der Waals surface area (Å²) in [6.45, 7) is 6.99. The van der Waals surface area contributed by atoms with Gasteiger partial charge in [-0.1, -0.05) is 38.3 Å². The predicted octanol–water partition coefficient (Wildman–Crippen LogP) is 6.13. The maximum absolute atomic E-state index is 13.7. The molecule has 4 heterocycles. The standard InChI is InChI=1S/C22H25ClF3N5/c1-4-6-15(7-5-2)30-9-8-17-19-18(30)10-13(3)28-21(19)31(29-17)20-16(22(24,25)26)11-14(23)12-27-20/h10-12,15H,4-9H2,1-3H3. The summed E-state index contributed by atoms with van der Waals surface area (Å²) in [6.07, 6.45) is 1.53. The van der Waals surface area contributed by atoms with Gasteiger partial charge in [0.2, 0.25) is 0 Å². The zero-order valence-electron chi connectivity index (χ0n) is 17.8. The second kappa shape index (κ2) is 8.30. The minimum atomic E-state index is -4.61. The first-order valence-corrected chi connectivity index (χ1v) is 11.0. The van der Waals surface area contributed by atoms with E-state index < -0.39 is 11.7 Å². The van der Waals surface area contributed by atoms with Crippen LogP contribution in [0, 0.1) is 6.92 Å². The van der Waals surface area contributed by atoms with Gasteiger partial charge >= 0.3 is 6.18 Å². The number of hydrogen-bond acceptors (Lipinski definition) is 4. The smallest absolute Gasteiger partial charge is 0.367 e. The molecule has 0 spiro atoms. The third-order valence-corrected chi connectivity index (χ3v) is 5.95. The molecule has 0 N–H and O–H groups in total. The van der Waals surface area contributed by atoms with Crippen LogP contribution in [-0.2, 0) is 12.6 Å². The Morgan fingerprint density at radius 3 is 2.52 bits per heavy atom. The van der Waals surface area contributed by atoms with Crippen LogP contribution < -0.4 is 4.90 Å². The molecule has 0 atom stereocenters. The molecule has 1 aliphatic heterocycles. The number of aromatic nitrogens is 4. The van der Waals surface area contributed by atoms with Crippen LogP contribution >= 0.6 is 11.6 Å². The maximum Gasteiger partial charge on any atom is 0.420 e. The van der Waals surface area contributed by atoms with Crippen LogP contribution in [0.15, 0.2) is 18.3 Å². The molecule has 0 saturated carbocycles. The first-order valence-electron chi connectivity index (χ1n) is 10.6. The lowest BCUT2D eigenvalue weighted by Crippen LogP contribution is -2.39. The van der Waals surface area contributed by atoms with Gasteiger partial charge in [0.05, 0.1) is 21.8 Å². The number of halogens is 4. The second-order valence-corrected chi connectivity index (χ2v) is 8.47. The SMILES string of the molecule is CCCC(CCC)N1CCc2nn(-c3ncc(Cl)cc3C(F)(F)F)c3nc(C)cc1c23. The molecule has 9 heteroatoms. The molecule has 0 radical (unpaired) electrons. The largest absolute Gasteiger partial charge is 0.420 e. The quantitative estimate of drug-likeness (QED) is 0.452. The highest BCUT2D eigenvalue weighted by Gasteiger charge is 2.37. The third kappa shape index (κ3) is 3.97. The van der Waals surface area contributed by atoms with E-state index in [1.165, 1.54) is 10.9 Å². The highest BCUT2D eigenvalue weighted by molar-refractivity contribution is 6.30. The summed E-state index contributed by atoms with van der Waals surface area (Å²) in [7, 11) is 0. The van der Waals surface area contributed by atoms with E-state index in [4.69, 9.17) is 11.6 Å². The molecule has 31 heavy (non-hydrogen) atoms. The molecule has 1 aliphatic rings. The summed E-state index contributed by atoms with van der Waals surface area (Å²) in [5.41, 5.74) is 1.97. The first-order chi connectivity index (χ1) is 14.7. The molecular weight excluding hydrogens is 427 g/mol. The van der Waals surface area contributed by atoms with Gasteiger partial charge in [-0.3, -0.25) is 0 Å². The Balaban J connectivity index is 1.93. The summed E-state index contributed by atoms with van der Waals surface area (Å²) >= 11 is 5.82. The van der Waals surface area contributed by atoms with E-state index in [1.807, 2.05) is 13.0 Å². The topological polar surface area (TPSA) is 46.8 Å². The molecule has 0 aliphatic carbocycles. The Hall–Kier alpha value is -2.35. The fourth-order valence-corrected chi connectivity index (χ4v) is 4.65. The van der Waals surface area contributed by atoms with Crippen LogP contribution in [0.1, 0.15) is 56.5 Å². The highest BCUT2D eigenvalue weighted by Crippen LogP contribution is 2.39. The van der Waals surface area contributed by atoms with E-state index in [1.54, 1.807) is 0 Å². The van der Waals surface area contributed by atoms with Gasteiger partial charge < -0.3 is 4.90 Å². The van der Waals surface area contributed by atoms with Gasteiger partial charge in [0.25, 0.3) is 0 Å². The van der Waals surface area contributed by atoms with Crippen molar-refractivity contribution in [2.45, 2.75) is 65.1 Å². The first kappa shape index (κ1) is 21.9. The monoisotopic (exact) mass is 451 g/mol. The van der Waals surface area contributed by atoms with Gasteiger partial charge in [-0.2, -0.15) is 23.0 Å². The van der Waals surface area contributed by atoms with Crippen molar-refractivity contribution in [2.24, 2.45) is 0 Å². The van der Waals surface area contributed by atoms with E-state index in [9.17, 15) is 13.2 Å². The third-order valence-electron chi connectivity index (χ3n) is 5.74. The van der Waals surface area contributed by atoms with Gasteiger partial charge in [-0.25, -0.2) is 9.97 Å². The second-order valence-electron chi connectivity index (χ2n) is 8.04. The van der Waals surface area contributed by atoms with Crippen molar-refractivity contribution >= 4 is 28.3 Å². The fraction of sp³-hybridized carbons (Fsp3) is 0.500. The Kier molecular flexibility index (Phi) is 5.85. The van der Waals surface area contributed by atoms with E-state index >= 15 is 0 Å². The van der Waals surface area contributed by atoms with Gasteiger partial charge in [0, 0.05) is 30.9 Å². The van der Waals surface area contributed by atoms with Gasteiger partial charge in [-0.05, 0) is 31.9 Å². The zero-order valence-corrected chi connectivity index (χ0v) is 18.6. The minimum Gasteiger partial charge on any atom is -0.367 e. The molecule has 3 aromatic rings. The predicted molar refractivity (Wildman–Crippen MR) is 116 cm³/mol. The normalized spacial score (nSPS) is 14.1. The molecule has 0 fully saturated rings. The van der Waals surface area contributed by atoms with Crippen LogP contribution in [0.2, 0.25) is 5.02 Å². The van der Waals surface area contributed by atoms with E-state index in [-0.39, 0.29) is 10.8 Å². The lowest BCUT2D eigenvalue weighted by Gasteiger charge is -2.36. The van der Waals surface area contributed by atoms with Crippen LogP contribution in [0.3, 0.4) is 0 Å².